The van der Waals surface area contributed by atoms with Crippen LogP contribution in [0.3, 0.4) is 0 Å². The van der Waals surface area contributed by atoms with Crippen LogP contribution >= 0.6 is 34.5 Å². The molecule has 0 N–H and O–H groups in total. The van der Waals surface area contributed by atoms with Gasteiger partial charge in [-0.25, -0.2) is 4.98 Å². The minimum atomic E-state index is -0.259. The summed E-state index contributed by atoms with van der Waals surface area (Å²) in [4.78, 5) is 18.0. The maximum atomic E-state index is 12.9. The zero-order chi connectivity index (χ0) is 26.1. The predicted molar refractivity (Wildman–Crippen MR) is 144 cm³/mol. The van der Waals surface area contributed by atoms with E-state index in [1.54, 1.807) is 57.7 Å². The number of aryl methyl sites for hydroxylation is 2. The van der Waals surface area contributed by atoms with Crippen LogP contribution in [0.5, 0.6) is 17.2 Å². The smallest absolute Gasteiger partial charge is 0.291 e. The molecule has 190 valence electrons. The lowest BCUT2D eigenvalue weighted by Gasteiger charge is -2.13. The first-order valence-electron chi connectivity index (χ1n) is 11.1. The van der Waals surface area contributed by atoms with Crippen LogP contribution in [-0.4, -0.2) is 35.9 Å². The number of rotatable bonds is 8. The average molecular weight is 558 g/mol. The molecule has 0 amide bonds. The molecule has 5 aromatic rings. The highest BCUT2D eigenvalue weighted by Gasteiger charge is 2.15. The van der Waals surface area contributed by atoms with E-state index in [0.29, 0.717) is 72.5 Å². The normalized spacial score (nSPS) is 11.9. The molecule has 3 aromatic heterocycles. The van der Waals surface area contributed by atoms with E-state index in [-0.39, 0.29) is 5.56 Å². The summed E-state index contributed by atoms with van der Waals surface area (Å²) in [6.07, 6.45) is 2.83. The van der Waals surface area contributed by atoms with Gasteiger partial charge in [-0.3, -0.25) is 4.79 Å². The Balaban J connectivity index is 1.37. The molecule has 2 aromatic carbocycles. The number of hydrogen-bond acceptors (Lipinski definition) is 8. The molecule has 8 nitrogen and oxygen atoms in total. The van der Waals surface area contributed by atoms with Crippen LogP contribution < -0.4 is 24.3 Å². The molecule has 0 aliphatic rings. The van der Waals surface area contributed by atoms with Crippen LogP contribution in [0.4, 0.5) is 0 Å². The molecule has 0 saturated heterocycles. The Morgan fingerprint density at radius 3 is 2.43 bits per heavy atom. The Morgan fingerprint density at radius 1 is 1.00 bits per heavy atom. The van der Waals surface area contributed by atoms with Crippen molar-refractivity contribution in [2.24, 2.45) is 0 Å². The van der Waals surface area contributed by atoms with Crippen molar-refractivity contribution in [1.29, 1.82) is 0 Å². The highest BCUT2D eigenvalue weighted by Crippen LogP contribution is 2.38. The number of aromatic nitrogens is 3. The summed E-state index contributed by atoms with van der Waals surface area (Å²) in [5.74, 6) is 3.33. The van der Waals surface area contributed by atoms with Crippen molar-refractivity contribution in [2.75, 3.05) is 21.3 Å². The number of ether oxygens (including phenoxy) is 3. The van der Waals surface area contributed by atoms with Gasteiger partial charge in [-0.15, -0.1) is 5.10 Å². The second kappa shape index (κ2) is 10.5. The lowest BCUT2D eigenvalue weighted by molar-refractivity contribution is 0.324. The lowest BCUT2D eigenvalue weighted by Crippen LogP contribution is -2.23. The zero-order valence-electron chi connectivity index (χ0n) is 20.1. The minimum absolute atomic E-state index is 0.259. The summed E-state index contributed by atoms with van der Waals surface area (Å²) in [6.45, 7) is 0. The molecule has 0 aliphatic heterocycles. The molecule has 0 saturated carbocycles. The summed E-state index contributed by atoms with van der Waals surface area (Å²) in [6, 6.07) is 12.5. The van der Waals surface area contributed by atoms with Crippen LogP contribution in [0.2, 0.25) is 10.0 Å². The number of fused-ring (bicyclic) bond motifs is 1. The maximum absolute atomic E-state index is 12.9. The third kappa shape index (κ3) is 5.02. The predicted octanol–water partition coefficient (Wildman–Crippen LogP) is 5.08. The van der Waals surface area contributed by atoms with E-state index in [1.165, 1.54) is 15.9 Å². The number of methoxy groups -OCH3 is 3. The maximum Gasteiger partial charge on any atom is 0.291 e. The molecule has 0 radical (unpaired) electrons. The van der Waals surface area contributed by atoms with Gasteiger partial charge in [-0.1, -0.05) is 34.5 Å². The van der Waals surface area contributed by atoms with Crippen LogP contribution in [0.1, 0.15) is 17.1 Å². The molecule has 0 bridgehead atoms. The number of halogens is 2. The summed E-state index contributed by atoms with van der Waals surface area (Å²) in [5.41, 5.74) is 1.39. The number of benzene rings is 2. The van der Waals surface area contributed by atoms with Gasteiger partial charge < -0.3 is 18.6 Å². The zero-order valence-corrected chi connectivity index (χ0v) is 22.4. The molecule has 5 rings (SSSR count). The third-order valence-electron chi connectivity index (χ3n) is 5.68. The Bertz CT molecular complexity index is 1680. The third-order valence-corrected chi connectivity index (χ3v) is 7.21. The number of nitrogens with zero attached hydrogens (tertiary/aromatic N) is 3. The standard InChI is InChI=1S/C26H21Cl2N3O5S/c1-33-20-10-14(11-21(34-2)24(20)35-3)4-9-23-29-26-31(30-23)25(32)22(37-26)13-16-6-8-19(36-16)17-12-15(27)5-7-18(17)28/h5-8,10-13H,4,9H2,1-3H3/b22-13-. The largest absolute Gasteiger partial charge is 0.493 e. The second-order valence-electron chi connectivity index (χ2n) is 8.00. The van der Waals surface area contributed by atoms with Crippen LogP contribution in [0.15, 0.2) is 51.7 Å². The molecular weight excluding hydrogens is 537 g/mol. The van der Waals surface area contributed by atoms with Crippen LogP contribution in [0, 0.1) is 0 Å². The van der Waals surface area contributed by atoms with Gasteiger partial charge in [0.1, 0.15) is 16.1 Å². The van der Waals surface area contributed by atoms with Crippen molar-refractivity contribution in [2.45, 2.75) is 12.8 Å². The summed E-state index contributed by atoms with van der Waals surface area (Å²) >= 11 is 13.6. The lowest BCUT2D eigenvalue weighted by atomic mass is 10.1. The summed E-state index contributed by atoms with van der Waals surface area (Å²) in [5, 5.41) is 5.49. The van der Waals surface area contributed by atoms with Crippen molar-refractivity contribution in [3.05, 3.63) is 84.5 Å². The van der Waals surface area contributed by atoms with E-state index in [1.807, 2.05) is 12.1 Å². The molecule has 0 unspecified atom stereocenters. The van der Waals surface area contributed by atoms with Crippen molar-refractivity contribution in [1.82, 2.24) is 14.6 Å². The van der Waals surface area contributed by atoms with E-state index >= 15 is 0 Å². The van der Waals surface area contributed by atoms with Gasteiger partial charge >= 0.3 is 0 Å². The SMILES string of the molecule is COc1cc(CCc2nc3s/c(=C\c4ccc(-c5cc(Cl)ccc5Cl)o4)c(=O)n3n2)cc(OC)c1OC. The van der Waals surface area contributed by atoms with Crippen LogP contribution in [-0.2, 0) is 12.8 Å². The van der Waals surface area contributed by atoms with Gasteiger partial charge in [0.05, 0.1) is 26.4 Å². The highest BCUT2D eigenvalue weighted by molar-refractivity contribution is 7.15. The van der Waals surface area contributed by atoms with E-state index in [0.717, 1.165) is 5.56 Å². The summed E-state index contributed by atoms with van der Waals surface area (Å²) < 4.78 is 23.9. The fraction of sp³-hybridized carbons (Fsp3) is 0.192. The first kappa shape index (κ1) is 25.1. The monoisotopic (exact) mass is 557 g/mol. The first-order valence-corrected chi connectivity index (χ1v) is 12.7. The Morgan fingerprint density at radius 2 is 1.76 bits per heavy atom. The van der Waals surface area contributed by atoms with Gasteiger partial charge in [0.15, 0.2) is 17.3 Å². The van der Waals surface area contributed by atoms with Gasteiger partial charge in [-0.2, -0.15) is 4.52 Å². The Kier molecular flexibility index (Phi) is 7.10. The molecule has 37 heavy (non-hydrogen) atoms. The second-order valence-corrected chi connectivity index (χ2v) is 9.85. The molecule has 0 fully saturated rings. The molecular formula is C26H21Cl2N3O5S. The van der Waals surface area contributed by atoms with Gasteiger partial charge in [-0.05, 0) is 54.4 Å². The Labute approximate surface area is 225 Å². The van der Waals surface area contributed by atoms with Crippen molar-refractivity contribution in [3.63, 3.8) is 0 Å². The van der Waals surface area contributed by atoms with Crippen LogP contribution in [0.25, 0.3) is 22.4 Å². The number of thiazole rings is 1. The molecule has 0 spiro atoms. The van der Waals surface area contributed by atoms with E-state index in [4.69, 9.17) is 41.8 Å². The number of furan rings is 1. The highest BCUT2D eigenvalue weighted by atomic mass is 35.5. The quantitative estimate of drug-likeness (QED) is 0.263. The van der Waals surface area contributed by atoms with Crippen molar-refractivity contribution < 1.29 is 18.6 Å². The molecule has 0 aliphatic carbocycles. The first-order chi connectivity index (χ1) is 17.9. The van der Waals surface area contributed by atoms with Gasteiger partial charge in [0, 0.05) is 23.1 Å². The average Bonchev–Trinajstić information content (AvgIpc) is 3.60. The van der Waals surface area contributed by atoms with E-state index < -0.39 is 0 Å². The Hall–Kier alpha value is -3.53. The van der Waals surface area contributed by atoms with Crippen molar-refractivity contribution in [3.8, 4) is 28.6 Å². The van der Waals surface area contributed by atoms with Crippen molar-refractivity contribution >= 4 is 45.6 Å². The molecule has 3 heterocycles. The fourth-order valence-electron chi connectivity index (χ4n) is 3.91. The number of hydrogen-bond donors (Lipinski definition) is 0. The van der Waals surface area contributed by atoms with E-state index in [9.17, 15) is 4.79 Å². The molecule has 11 heteroatoms. The topological polar surface area (TPSA) is 88.1 Å². The minimum Gasteiger partial charge on any atom is -0.493 e. The van der Waals surface area contributed by atoms with E-state index in [2.05, 4.69) is 10.1 Å². The summed E-state index contributed by atoms with van der Waals surface area (Å²) in [7, 11) is 4.71. The molecule has 0 atom stereocenters. The van der Waals surface area contributed by atoms with Gasteiger partial charge in [0.25, 0.3) is 5.56 Å². The fourth-order valence-corrected chi connectivity index (χ4v) is 5.20. The van der Waals surface area contributed by atoms with Gasteiger partial charge in [0.2, 0.25) is 10.7 Å².